The molecule has 5 nitrogen and oxygen atoms in total. The summed E-state index contributed by atoms with van der Waals surface area (Å²) >= 11 is 2.96. The van der Waals surface area contributed by atoms with Crippen LogP contribution < -0.4 is 5.32 Å². The van der Waals surface area contributed by atoms with E-state index in [0.717, 1.165) is 26.2 Å². The highest BCUT2D eigenvalue weighted by molar-refractivity contribution is 8.04. The fraction of sp³-hybridized carbons (Fsp3) is 0.235. The predicted molar refractivity (Wildman–Crippen MR) is 98.5 cm³/mol. The van der Waals surface area contributed by atoms with Gasteiger partial charge in [-0.15, -0.1) is 11.3 Å². The first kappa shape index (κ1) is 16.7. The van der Waals surface area contributed by atoms with Crippen LogP contribution in [-0.2, 0) is 16.0 Å². The summed E-state index contributed by atoms with van der Waals surface area (Å²) in [5.41, 5.74) is 1.82. The van der Waals surface area contributed by atoms with E-state index in [1.54, 1.807) is 19.0 Å². The molecule has 0 radical (unpaired) electrons. The lowest BCUT2D eigenvalue weighted by Crippen LogP contribution is -2.23. The van der Waals surface area contributed by atoms with Gasteiger partial charge in [0, 0.05) is 30.6 Å². The normalized spacial score (nSPS) is 15.6. The minimum absolute atomic E-state index is 0.00842. The Morgan fingerprint density at radius 1 is 1.33 bits per heavy atom. The summed E-state index contributed by atoms with van der Waals surface area (Å²) in [6, 6.07) is 9.84. The Morgan fingerprint density at radius 3 is 2.71 bits per heavy atom. The van der Waals surface area contributed by atoms with E-state index in [1.807, 2.05) is 36.4 Å². The molecular formula is C17H17N3O2S2. The van der Waals surface area contributed by atoms with Gasteiger partial charge in [-0.3, -0.25) is 9.59 Å². The van der Waals surface area contributed by atoms with E-state index in [1.165, 1.54) is 23.1 Å². The average molecular weight is 359 g/mol. The minimum Gasteiger partial charge on any atom is -0.349 e. The van der Waals surface area contributed by atoms with Gasteiger partial charge in [-0.25, -0.2) is 4.98 Å². The number of hydrogen-bond acceptors (Lipinski definition) is 5. The largest absolute Gasteiger partial charge is 0.349 e. The maximum atomic E-state index is 12.1. The number of rotatable bonds is 4. The summed E-state index contributed by atoms with van der Waals surface area (Å²) in [5, 5.41) is 4.40. The van der Waals surface area contributed by atoms with E-state index < -0.39 is 0 Å². The Morgan fingerprint density at radius 2 is 2.08 bits per heavy atom. The maximum Gasteiger partial charge on any atom is 0.235 e. The molecule has 0 unspecified atom stereocenters. The molecule has 1 N–H and O–H groups in total. The first-order valence-electron chi connectivity index (χ1n) is 7.42. The van der Waals surface area contributed by atoms with Crippen molar-refractivity contribution < 1.29 is 9.59 Å². The van der Waals surface area contributed by atoms with Crippen LogP contribution in [0.5, 0.6) is 0 Å². The molecule has 2 heterocycles. The number of amides is 2. The number of thioether (sulfide) groups is 1. The van der Waals surface area contributed by atoms with Crippen molar-refractivity contribution in [2.75, 3.05) is 19.8 Å². The zero-order chi connectivity index (χ0) is 17.1. The molecule has 0 bridgehead atoms. The molecule has 0 aliphatic carbocycles. The smallest absolute Gasteiger partial charge is 0.235 e. The van der Waals surface area contributed by atoms with Crippen molar-refractivity contribution in [3.8, 4) is 11.3 Å². The number of nitrogens with zero attached hydrogens (tertiary/aromatic N) is 2. The molecule has 2 aromatic rings. The third kappa shape index (κ3) is 3.85. The van der Waals surface area contributed by atoms with Crippen LogP contribution >= 0.6 is 23.1 Å². The van der Waals surface area contributed by atoms with Gasteiger partial charge in [0.05, 0.1) is 22.9 Å². The lowest BCUT2D eigenvalue weighted by atomic mass is 10.1. The van der Waals surface area contributed by atoms with Crippen molar-refractivity contribution in [2.45, 2.75) is 6.42 Å². The second kappa shape index (κ2) is 7.19. The Bertz CT molecular complexity index is 797. The van der Waals surface area contributed by atoms with E-state index in [4.69, 9.17) is 0 Å². The number of likely N-dealkylation sites (N-methyl/N-ethyl adjacent to an activating group) is 1. The van der Waals surface area contributed by atoms with Gasteiger partial charge >= 0.3 is 0 Å². The highest BCUT2D eigenvalue weighted by Gasteiger charge is 2.19. The van der Waals surface area contributed by atoms with Gasteiger partial charge in [-0.05, 0) is 0 Å². The number of carbonyl (C=O) groups is 2. The first-order chi connectivity index (χ1) is 11.5. The van der Waals surface area contributed by atoms with Crippen LogP contribution in [0.25, 0.3) is 17.3 Å². The lowest BCUT2D eigenvalue weighted by molar-refractivity contribution is -0.127. The highest BCUT2D eigenvalue weighted by atomic mass is 32.2. The van der Waals surface area contributed by atoms with Gasteiger partial charge in [0.2, 0.25) is 11.8 Å². The number of thiazole rings is 1. The van der Waals surface area contributed by atoms with Gasteiger partial charge in [-0.2, -0.15) is 0 Å². The van der Waals surface area contributed by atoms with Crippen molar-refractivity contribution in [3.63, 3.8) is 0 Å². The van der Waals surface area contributed by atoms with Crippen molar-refractivity contribution >= 4 is 41.0 Å². The van der Waals surface area contributed by atoms with E-state index in [0.29, 0.717) is 12.2 Å². The zero-order valence-corrected chi connectivity index (χ0v) is 15.0. The standard InChI is InChI=1S/C17H17N3O2S2/c1-20(2)16(22)8-12-17(11-6-4-3-5-7-11)19-15(24-12)9-14-18-13(21)10-23-14/h3-7,9H,8,10H2,1-2H3,(H,18,21)/b14-9+. The summed E-state index contributed by atoms with van der Waals surface area (Å²) in [6.45, 7) is 0. The zero-order valence-electron chi connectivity index (χ0n) is 13.4. The molecule has 1 aliphatic rings. The summed E-state index contributed by atoms with van der Waals surface area (Å²) in [5.74, 6) is 0.488. The van der Waals surface area contributed by atoms with Crippen LogP contribution in [0, 0.1) is 0 Å². The molecule has 3 rings (SSSR count). The number of hydrogen-bond donors (Lipinski definition) is 1. The molecular weight excluding hydrogens is 342 g/mol. The van der Waals surface area contributed by atoms with E-state index in [2.05, 4.69) is 10.3 Å². The van der Waals surface area contributed by atoms with Crippen LogP contribution in [0.15, 0.2) is 35.4 Å². The topological polar surface area (TPSA) is 62.3 Å². The molecule has 7 heteroatoms. The molecule has 0 saturated carbocycles. The van der Waals surface area contributed by atoms with Crippen molar-refractivity contribution in [1.82, 2.24) is 15.2 Å². The van der Waals surface area contributed by atoms with Gasteiger partial charge in [0.1, 0.15) is 5.01 Å². The highest BCUT2D eigenvalue weighted by Crippen LogP contribution is 2.31. The van der Waals surface area contributed by atoms with Crippen LogP contribution in [-0.4, -0.2) is 41.5 Å². The molecule has 2 amide bonds. The second-order valence-electron chi connectivity index (χ2n) is 5.50. The van der Waals surface area contributed by atoms with Crippen molar-refractivity contribution in [1.29, 1.82) is 0 Å². The third-order valence-electron chi connectivity index (χ3n) is 3.45. The van der Waals surface area contributed by atoms with E-state index >= 15 is 0 Å². The molecule has 0 atom stereocenters. The van der Waals surface area contributed by atoms with Crippen molar-refractivity contribution in [3.05, 3.63) is 45.2 Å². The molecule has 0 spiro atoms. The number of benzene rings is 1. The summed E-state index contributed by atoms with van der Waals surface area (Å²) in [4.78, 5) is 30.6. The van der Waals surface area contributed by atoms with Crippen LogP contribution in [0.4, 0.5) is 0 Å². The van der Waals surface area contributed by atoms with E-state index in [9.17, 15) is 9.59 Å². The van der Waals surface area contributed by atoms with E-state index in [-0.39, 0.29) is 11.8 Å². The predicted octanol–water partition coefficient (Wildman–Crippen LogP) is 2.60. The van der Waals surface area contributed by atoms with Gasteiger partial charge < -0.3 is 10.2 Å². The Kier molecular flexibility index (Phi) is 5.01. The Balaban J connectivity index is 1.96. The van der Waals surface area contributed by atoms with Crippen LogP contribution in [0.1, 0.15) is 9.88 Å². The summed E-state index contributed by atoms with van der Waals surface area (Å²) in [6.07, 6.45) is 2.19. The van der Waals surface area contributed by atoms with Crippen LogP contribution in [0.3, 0.4) is 0 Å². The molecule has 124 valence electrons. The minimum atomic E-state index is 0.00842. The lowest BCUT2D eigenvalue weighted by Gasteiger charge is -2.09. The molecule has 1 aromatic heterocycles. The molecule has 1 aromatic carbocycles. The monoisotopic (exact) mass is 359 g/mol. The average Bonchev–Trinajstić information content (AvgIpc) is 3.14. The van der Waals surface area contributed by atoms with Gasteiger partial charge in [-0.1, -0.05) is 42.1 Å². The molecule has 1 aliphatic heterocycles. The number of nitrogens with one attached hydrogen (secondary N) is 1. The fourth-order valence-corrected chi connectivity index (χ4v) is 4.05. The quantitative estimate of drug-likeness (QED) is 0.911. The maximum absolute atomic E-state index is 12.1. The van der Waals surface area contributed by atoms with Crippen LogP contribution in [0.2, 0.25) is 0 Å². The Labute approximate surface area is 148 Å². The third-order valence-corrected chi connectivity index (χ3v) is 5.39. The molecule has 24 heavy (non-hydrogen) atoms. The van der Waals surface area contributed by atoms with Gasteiger partial charge in [0.15, 0.2) is 0 Å². The summed E-state index contributed by atoms with van der Waals surface area (Å²) in [7, 11) is 3.50. The number of aromatic nitrogens is 1. The molecule has 1 saturated heterocycles. The second-order valence-corrected chi connectivity index (χ2v) is 7.63. The van der Waals surface area contributed by atoms with Crippen molar-refractivity contribution in [2.24, 2.45) is 0 Å². The number of carbonyl (C=O) groups excluding carboxylic acids is 2. The Hall–Kier alpha value is -2.12. The SMILES string of the molecule is CN(C)C(=O)Cc1sc(/C=C2\NC(=O)CS2)nc1-c1ccccc1. The van der Waals surface area contributed by atoms with Gasteiger partial charge in [0.25, 0.3) is 0 Å². The first-order valence-corrected chi connectivity index (χ1v) is 9.23. The molecule has 1 fully saturated rings. The summed E-state index contributed by atoms with van der Waals surface area (Å²) < 4.78 is 0. The fourth-order valence-electron chi connectivity index (χ4n) is 2.21.